The lowest BCUT2D eigenvalue weighted by Gasteiger charge is -2.20. The van der Waals surface area contributed by atoms with Crippen LogP contribution in [0.2, 0.25) is 0 Å². The van der Waals surface area contributed by atoms with Gasteiger partial charge in [-0.2, -0.15) is 0 Å². The molecule has 0 saturated carbocycles. The van der Waals surface area contributed by atoms with E-state index in [4.69, 9.17) is 0 Å². The average molecular weight is 305 g/mol. The number of anilines is 1. The standard InChI is InChI=1S/C21H23NO/c1-4-22(5-2)19-10-7-16(8-11-19)13-18-14-17-9-6-15(3)12-20(17)21(18)23/h6-13H,4-5,14H2,1-3H3. The molecular formula is C21H23NO. The normalized spacial score (nSPS) is 15.1. The van der Waals surface area contributed by atoms with Crippen LogP contribution in [0.4, 0.5) is 5.69 Å². The Morgan fingerprint density at radius 3 is 2.39 bits per heavy atom. The molecule has 0 fully saturated rings. The second-order valence-corrected chi connectivity index (χ2v) is 6.10. The lowest BCUT2D eigenvalue weighted by Crippen LogP contribution is -2.21. The molecule has 2 heteroatoms. The second-order valence-electron chi connectivity index (χ2n) is 6.10. The molecule has 1 aliphatic carbocycles. The summed E-state index contributed by atoms with van der Waals surface area (Å²) in [5, 5.41) is 0. The Kier molecular flexibility index (Phi) is 4.33. The van der Waals surface area contributed by atoms with Gasteiger partial charge in [0.1, 0.15) is 0 Å². The zero-order valence-corrected chi connectivity index (χ0v) is 14.1. The van der Waals surface area contributed by atoms with Crippen molar-refractivity contribution in [2.24, 2.45) is 0 Å². The van der Waals surface area contributed by atoms with Gasteiger partial charge in [0.15, 0.2) is 5.78 Å². The number of carbonyl (C=O) groups excluding carboxylic acids is 1. The number of Topliss-reactive ketones (excluding diaryl/α,β-unsaturated/α-hetero) is 1. The fourth-order valence-corrected chi connectivity index (χ4v) is 3.20. The fraction of sp³-hybridized carbons (Fsp3) is 0.286. The fourth-order valence-electron chi connectivity index (χ4n) is 3.20. The van der Waals surface area contributed by atoms with Crippen LogP contribution in [0.15, 0.2) is 48.0 Å². The van der Waals surface area contributed by atoms with Crippen molar-refractivity contribution in [3.8, 4) is 0 Å². The quantitative estimate of drug-likeness (QED) is 0.765. The van der Waals surface area contributed by atoms with E-state index in [1.165, 1.54) is 5.69 Å². The topological polar surface area (TPSA) is 20.3 Å². The van der Waals surface area contributed by atoms with Crippen LogP contribution in [0.5, 0.6) is 0 Å². The molecule has 0 aromatic heterocycles. The SMILES string of the molecule is CCN(CC)c1ccc(C=C2Cc3ccc(C)cc3C2=O)cc1. The maximum atomic E-state index is 12.5. The number of hydrogen-bond donors (Lipinski definition) is 0. The first kappa shape index (κ1) is 15.5. The van der Waals surface area contributed by atoms with Crippen LogP contribution in [0.1, 0.15) is 40.9 Å². The first-order valence-corrected chi connectivity index (χ1v) is 8.32. The van der Waals surface area contributed by atoms with Crippen molar-refractivity contribution in [2.45, 2.75) is 27.2 Å². The highest BCUT2D eigenvalue weighted by Crippen LogP contribution is 2.29. The molecule has 0 N–H and O–H groups in total. The third-order valence-electron chi connectivity index (χ3n) is 4.55. The summed E-state index contributed by atoms with van der Waals surface area (Å²) in [5.74, 6) is 0.177. The largest absolute Gasteiger partial charge is 0.372 e. The van der Waals surface area contributed by atoms with Gasteiger partial charge in [-0.05, 0) is 56.2 Å². The minimum Gasteiger partial charge on any atom is -0.372 e. The number of carbonyl (C=O) groups is 1. The first-order chi connectivity index (χ1) is 11.1. The summed E-state index contributed by atoms with van der Waals surface area (Å²) in [5.41, 5.74) is 6.37. The van der Waals surface area contributed by atoms with Crippen LogP contribution < -0.4 is 4.90 Å². The van der Waals surface area contributed by atoms with E-state index < -0.39 is 0 Å². The molecule has 0 unspecified atom stereocenters. The minimum absolute atomic E-state index is 0.177. The van der Waals surface area contributed by atoms with E-state index in [9.17, 15) is 4.79 Å². The molecule has 0 atom stereocenters. The van der Waals surface area contributed by atoms with Crippen molar-refractivity contribution >= 4 is 17.5 Å². The predicted molar refractivity (Wildman–Crippen MR) is 97.2 cm³/mol. The molecule has 1 aliphatic rings. The summed E-state index contributed by atoms with van der Waals surface area (Å²) >= 11 is 0. The highest BCUT2D eigenvalue weighted by atomic mass is 16.1. The van der Waals surface area contributed by atoms with E-state index in [0.717, 1.165) is 47.3 Å². The molecule has 0 radical (unpaired) electrons. The monoisotopic (exact) mass is 305 g/mol. The van der Waals surface area contributed by atoms with Crippen LogP contribution in [0.3, 0.4) is 0 Å². The summed E-state index contributed by atoms with van der Waals surface area (Å²) in [7, 11) is 0. The van der Waals surface area contributed by atoms with Crippen molar-refractivity contribution in [3.63, 3.8) is 0 Å². The van der Waals surface area contributed by atoms with Gasteiger partial charge in [-0.3, -0.25) is 4.79 Å². The van der Waals surface area contributed by atoms with Gasteiger partial charge in [-0.25, -0.2) is 0 Å². The third kappa shape index (κ3) is 3.07. The molecule has 3 rings (SSSR count). The average Bonchev–Trinajstić information content (AvgIpc) is 2.86. The Morgan fingerprint density at radius 1 is 1.04 bits per heavy atom. The number of fused-ring (bicyclic) bond motifs is 1. The molecule has 2 nitrogen and oxygen atoms in total. The summed E-state index contributed by atoms with van der Waals surface area (Å²) < 4.78 is 0. The van der Waals surface area contributed by atoms with Crippen LogP contribution >= 0.6 is 0 Å². The Morgan fingerprint density at radius 2 is 1.74 bits per heavy atom. The molecular weight excluding hydrogens is 282 g/mol. The van der Waals surface area contributed by atoms with E-state index in [0.29, 0.717) is 0 Å². The summed E-state index contributed by atoms with van der Waals surface area (Å²) in [6, 6.07) is 14.6. The maximum Gasteiger partial charge on any atom is 0.189 e. The molecule has 2 aromatic rings. The smallest absolute Gasteiger partial charge is 0.189 e. The van der Waals surface area contributed by atoms with Gasteiger partial charge < -0.3 is 4.90 Å². The number of nitrogens with zero attached hydrogens (tertiary/aromatic N) is 1. The number of allylic oxidation sites excluding steroid dienone is 1. The summed E-state index contributed by atoms with van der Waals surface area (Å²) in [4.78, 5) is 14.9. The maximum absolute atomic E-state index is 12.5. The van der Waals surface area contributed by atoms with Crippen molar-refractivity contribution in [1.82, 2.24) is 0 Å². The predicted octanol–water partition coefficient (Wildman–Crippen LogP) is 4.66. The number of aryl methyl sites for hydroxylation is 1. The second kappa shape index (κ2) is 6.41. The van der Waals surface area contributed by atoms with Gasteiger partial charge in [-0.1, -0.05) is 29.8 Å². The Labute approximate surface area is 138 Å². The minimum atomic E-state index is 0.177. The van der Waals surface area contributed by atoms with Crippen LogP contribution in [0.25, 0.3) is 6.08 Å². The number of rotatable bonds is 4. The van der Waals surface area contributed by atoms with Crippen molar-refractivity contribution in [2.75, 3.05) is 18.0 Å². The van der Waals surface area contributed by atoms with E-state index in [2.05, 4.69) is 55.1 Å². The molecule has 0 aliphatic heterocycles. The molecule has 0 amide bonds. The van der Waals surface area contributed by atoms with Crippen molar-refractivity contribution in [3.05, 3.63) is 70.3 Å². The van der Waals surface area contributed by atoms with Crippen LogP contribution in [-0.4, -0.2) is 18.9 Å². The third-order valence-corrected chi connectivity index (χ3v) is 4.55. The van der Waals surface area contributed by atoms with Gasteiger partial charge in [0.2, 0.25) is 0 Å². The number of benzene rings is 2. The first-order valence-electron chi connectivity index (χ1n) is 8.32. The van der Waals surface area contributed by atoms with Crippen molar-refractivity contribution in [1.29, 1.82) is 0 Å². The van der Waals surface area contributed by atoms with E-state index >= 15 is 0 Å². The lowest BCUT2D eigenvalue weighted by atomic mass is 10.1. The van der Waals surface area contributed by atoms with Gasteiger partial charge in [0, 0.05) is 36.3 Å². The highest BCUT2D eigenvalue weighted by Gasteiger charge is 2.24. The zero-order valence-electron chi connectivity index (χ0n) is 14.1. The Bertz CT molecular complexity index is 752. The van der Waals surface area contributed by atoms with E-state index in [1.807, 2.05) is 19.1 Å². The molecule has 23 heavy (non-hydrogen) atoms. The van der Waals surface area contributed by atoms with E-state index in [1.54, 1.807) is 0 Å². The van der Waals surface area contributed by atoms with Crippen LogP contribution in [-0.2, 0) is 6.42 Å². The molecule has 0 spiro atoms. The number of hydrogen-bond acceptors (Lipinski definition) is 2. The summed E-state index contributed by atoms with van der Waals surface area (Å²) in [6.45, 7) is 8.36. The van der Waals surface area contributed by atoms with E-state index in [-0.39, 0.29) is 5.78 Å². The highest BCUT2D eigenvalue weighted by molar-refractivity contribution is 6.15. The molecule has 118 valence electrons. The molecule has 0 saturated heterocycles. The van der Waals surface area contributed by atoms with Gasteiger partial charge in [0.05, 0.1) is 0 Å². The Balaban J connectivity index is 1.84. The molecule has 0 bridgehead atoms. The molecule has 2 aromatic carbocycles. The summed E-state index contributed by atoms with van der Waals surface area (Å²) in [6.07, 6.45) is 2.77. The van der Waals surface area contributed by atoms with Crippen molar-refractivity contribution < 1.29 is 4.79 Å². The zero-order chi connectivity index (χ0) is 16.4. The lowest BCUT2D eigenvalue weighted by molar-refractivity contribution is 0.104. The van der Waals surface area contributed by atoms with Gasteiger partial charge >= 0.3 is 0 Å². The Hall–Kier alpha value is -2.35. The van der Waals surface area contributed by atoms with Gasteiger partial charge in [0.25, 0.3) is 0 Å². The molecule has 0 heterocycles. The van der Waals surface area contributed by atoms with Crippen LogP contribution in [0, 0.1) is 6.92 Å². The van der Waals surface area contributed by atoms with Gasteiger partial charge in [-0.15, -0.1) is 0 Å². The number of ketones is 1.